The molecule has 2 aliphatic rings. The molecule has 0 radical (unpaired) electrons. The lowest BCUT2D eigenvalue weighted by atomic mass is 10.1. The summed E-state index contributed by atoms with van der Waals surface area (Å²) in [6, 6.07) is 3.90. The van der Waals surface area contributed by atoms with Crippen molar-refractivity contribution in [3.63, 3.8) is 0 Å². The quantitative estimate of drug-likeness (QED) is 0.905. The van der Waals surface area contributed by atoms with Gasteiger partial charge in [-0.3, -0.25) is 5.10 Å². The second kappa shape index (κ2) is 4.84. The highest BCUT2D eigenvalue weighted by Gasteiger charge is 2.44. The van der Waals surface area contributed by atoms with E-state index in [-0.39, 0.29) is 12.1 Å². The molecule has 2 unspecified atom stereocenters. The molecule has 2 saturated heterocycles. The predicted octanol–water partition coefficient (Wildman–Crippen LogP) is 1.83. The number of hydrogen-bond acceptors (Lipinski definition) is 4. The second-order valence-electron chi connectivity index (χ2n) is 6.14. The molecule has 3 heterocycles. The largest absolute Gasteiger partial charge is 0.368 e. The molecule has 1 aromatic carbocycles. The third-order valence-electron chi connectivity index (χ3n) is 4.64. The molecule has 0 spiro atoms. The molecule has 1 N–H and O–H groups in total. The van der Waals surface area contributed by atoms with E-state index in [0.717, 1.165) is 29.4 Å². The lowest BCUT2D eigenvalue weighted by Crippen LogP contribution is -2.55. The summed E-state index contributed by atoms with van der Waals surface area (Å²) in [4.78, 5) is 2.24. The van der Waals surface area contributed by atoms with Crippen molar-refractivity contribution >= 4 is 38.2 Å². The maximum absolute atomic E-state index is 12.0. The van der Waals surface area contributed by atoms with Gasteiger partial charge in [0.05, 0.1) is 18.0 Å². The number of fused-ring (bicyclic) bond motifs is 3. The van der Waals surface area contributed by atoms with Crippen molar-refractivity contribution in [3.05, 3.63) is 23.4 Å². The number of piperazine rings is 1. The number of H-pyrrole nitrogens is 1. The number of benzene rings is 1. The summed E-state index contributed by atoms with van der Waals surface area (Å²) in [5.41, 5.74) is 1.93. The highest BCUT2D eigenvalue weighted by Crippen LogP contribution is 2.37. The van der Waals surface area contributed by atoms with Gasteiger partial charge in [-0.2, -0.15) is 9.40 Å². The average molecular weight is 341 g/mol. The van der Waals surface area contributed by atoms with Gasteiger partial charge in [-0.25, -0.2) is 8.42 Å². The molecule has 2 aliphatic heterocycles. The SMILES string of the molecule is CS(=O)(=O)N1C2CCC1CN(c1cc(Cl)cc3[nH]ncc13)C2. The Bertz CT molecular complexity index is 820. The van der Waals surface area contributed by atoms with Gasteiger partial charge in [0, 0.05) is 41.3 Å². The van der Waals surface area contributed by atoms with E-state index in [2.05, 4.69) is 15.1 Å². The number of hydrogen-bond donors (Lipinski definition) is 1. The highest BCUT2D eigenvalue weighted by molar-refractivity contribution is 7.88. The molecule has 2 fully saturated rings. The van der Waals surface area contributed by atoms with Crippen LogP contribution in [0.2, 0.25) is 5.02 Å². The fourth-order valence-corrected chi connectivity index (χ4v) is 5.50. The van der Waals surface area contributed by atoms with E-state index in [0.29, 0.717) is 18.1 Å². The van der Waals surface area contributed by atoms with Gasteiger partial charge in [-0.15, -0.1) is 0 Å². The standard InChI is InChI=1S/C14H17ClN4O2S/c1-22(20,21)19-10-2-3-11(19)8-18(7-10)14-5-9(15)4-13-12(14)6-16-17-13/h4-6,10-11H,2-3,7-8H2,1H3,(H,16,17). The average Bonchev–Trinajstić information content (AvgIpc) is 3.00. The van der Waals surface area contributed by atoms with Gasteiger partial charge in [0.25, 0.3) is 0 Å². The number of aromatic amines is 1. The maximum atomic E-state index is 12.0. The number of anilines is 1. The Kier molecular flexibility index (Phi) is 3.15. The first-order valence-electron chi connectivity index (χ1n) is 7.29. The Morgan fingerprint density at radius 3 is 2.59 bits per heavy atom. The molecular formula is C14H17ClN4O2S. The summed E-state index contributed by atoms with van der Waals surface area (Å²) >= 11 is 6.21. The number of aromatic nitrogens is 2. The predicted molar refractivity (Wildman–Crippen MR) is 86.8 cm³/mol. The molecule has 2 aromatic rings. The monoisotopic (exact) mass is 340 g/mol. The normalized spacial score (nSPS) is 26.0. The first-order chi connectivity index (χ1) is 10.4. The topological polar surface area (TPSA) is 69.3 Å². The summed E-state index contributed by atoms with van der Waals surface area (Å²) < 4.78 is 25.7. The Hall–Kier alpha value is -1.31. The molecule has 1 aromatic heterocycles. The lowest BCUT2D eigenvalue weighted by Gasteiger charge is -2.40. The maximum Gasteiger partial charge on any atom is 0.211 e. The van der Waals surface area contributed by atoms with Crippen LogP contribution in [0, 0.1) is 0 Å². The zero-order chi connectivity index (χ0) is 15.5. The van der Waals surface area contributed by atoms with Crippen LogP contribution in [0.1, 0.15) is 12.8 Å². The van der Waals surface area contributed by atoms with E-state index in [4.69, 9.17) is 11.6 Å². The first kappa shape index (κ1) is 14.3. The Balaban J connectivity index is 1.72. The van der Waals surface area contributed by atoms with Crippen LogP contribution in [-0.2, 0) is 10.0 Å². The molecule has 0 aliphatic carbocycles. The van der Waals surface area contributed by atoms with Crippen LogP contribution in [0.4, 0.5) is 5.69 Å². The van der Waals surface area contributed by atoms with E-state index in [1.807, 2.05) is 12.1 Å². The van der Waals surface area contributed by atoms with Gasteiger partial charge in [0.2, 0.25) is 10.0 Å². The smallest absolute Gasteiger partial charge is 0.211 e. The molecule has 22 heavy (non-hydrogen) atoms. The van der Waals surface area contributed by atoms with Crippen LogP contribution < -0.4 is 4.90 Å². The summed E-state index contributed by atoms with van der Waals surface area (Å²) in [6.45, 7) is 1.40. The third kappa shape index (κ3) is 2.19. The number of nitrogens with one attached hydrogen (secondary N) is 1. The highest BCUT2D eigenvalue weighted by atomic mass is 35.5. The molecule has 0 amide bonds. The lowest BCUT2D eigenvalue weighted by molar-refractivity contribution is 0.288. The summed E-state index contributed by atoms with van der Waals surface area (Å²) in [6.07, 6.45) is 4.94. The molecule has 2 bridgehead atoms. The number of sulfonamides is 1. The van der Waals surface area contributed by atoms with Crippen LogP contribution in [0.15, 0.2) is 18.3 Å². The fraction of sp³-hybridized carbons (Fsp3) is 0.500. The van der Waals surface area contributed by atoms with Crippen molar-refractivity contribution in [2.75, 3.05) is 24.2 Å². The van der Waals surface area contributed by atoms with E-state index >= 15 is 0 Å². The summed E-state index contributed by atoms with van der Waals surface area (Å²) in [5, 5.41) is 8.71. The minimum atomic E-state index is -3.15. The zero-order valence-electron chi connectivity index (χ0n) is 12.2. The molecule has 2 atom stereocenters. The summed E-state index contributed by atoms with van der Waals surface area (Å²) in [5.74, 6) is 0. The van der Waals surface area contributed by atoms with Crippen LogP contribution in [0.25, 0.3) is 10.9 Å². The number of nitrogens with zero attached hydrogens (tertiary/aromatic N) is 3. The van der Waals surface area contributed by atoms with Crippen molar-refractivity contribution in [2.45, 2.75) is 24.9 Å². The van der Waals surface area contributed by atoms with Crippen LogP contribution >= 0.6 is 11.6 Å². The van der Waals surface area contributed by atoms with Crippen molar-refractivity contribution in [3.8, 4) is 0 Å². The second-order valence-corrected chi connectivity index (χ2v) is 8.46. The first-order valence-corrected chi connectivity index (χ1v) is 9.52. The zero-order valence-corrected chi connectivity index (χ0v) is 13.7. The van der Waals surface area contributed by atoms with Crippen LogP contribution in [-0.4, -0.2) is 54.3 Å². The van der Waals surface area contributed by atoms with Crippen LogP contribution in [0.3, 0.4) is 0 Å². The Labute approximate surface area is 134 Å². The molecular weight excluding hydrogens is 324 g/mol. The van der Waals surface area contributed by atoms with Gasteiger partial charge in [-0.1, -0.05) is 11.6 Å². The Morgan fingerprint density at radius 1 is 1.27 bits per heavy atom. The van der Waals surface area contributed by atoms with E-state index < -0.39 is 10.0 Å². The molecule has 6 nitrogen and oxygen atoms in total. The van der Waals surface area contributed by atoms with Crippen LogP contribution in [0.5, 0.6) is 0 Å². The Morgan fingerprint density at radius 2 is 1.95 bits per heavy atom. The van der Waals surface area contributed by atoms with E-state index in [1.54, 1.807) is 10.5 Å². The van der Waals surface area contributed by atoms with Crippen molar-refractivity contribution < 1.29 is 8.42 Å². The van der Waals surface area contributed by atoms with Gasteiger partial charge >= 0.3 is 0 Å². The molecule has 8 heteroatoms. The van der Waals surface area contributed by atoms with Crippen molar-refractivity contribution in [2.24, 2.45) is 0 Å². The van der Waals surface area contributed by atoms with Gasteiger partial charge in [0.15, 0.2) is 0 Å². The van der Waals surface area contributed by atoms with E-state index in [9.17, 15) is 8.42 Å². The van der Waals surface area contributed by atoms with Crippen molar-refractivity contribution in [1.29, 1.82) is 0 Å². The van der Waals surface area contributed by atoms with Crippen molar-refractivity contribution in [1.82, 2.24) is 14.5 Å². The summed E-state index contributed by atoms with van der Waals surface area (Å²) in [7, 11) is -3.15. The van der Waals surface area contributed by atoms with Gasteiger partial charge < -0.3 is 4.90 Å². The molecule has 118 valence electrons. The molecule has 4 rings (SSSR count). The van der Waals surface area contributed by atoms with E-state index in [1.165, 1.54) is 6.26 Å². The minimum absolute atomic E-state index is 0.0506. The molecule has 0 saturated carbocycles. The van der Waals surface area contributed by atoms with Gasteiger partial charge in [-0.05, 0) is 25.0 Å². The third-order valence-corrected chi connectivity index (χ3v) is 6.22. The van der Waals surface area contributed by atoms with Gasteiger partial charge in [0.1, 0.15) is 0 Å². The number of rotatable bonds is 2. The fourth-order valence-electron chi connectivity index (χ4n) is 3.86. The minimum Gasteiger partial charge on any atom is -0.368 e. The number of halogens is 1.